The fourth-order valence-electron chi connectivity index (χ4n) is 1.36. The highest BCUT2D eigenvalue weighted by molar-refractivity contribution is 7.99. The fourth-order valence-corrected chi connectivity index (χ4v) is 2.45. The average Bonchev–Trinajstić information content (AvgIpc) is 2.26. The van der Waals surface area contributed by atoms with Crippen LogP contribution in [0, 0.1) is 12.8 Å². The van der Waals surface area contributed by atoms with Gasteiger partial charge >= 0.3 is 0 Å². The smallest absolute Gasteiger partial charge is 0.0386 e. The van der Waals surface area contributed by atoms with Gasteiger partial charge in [-0.05, 0) is 18.4 Å². The molecular weight excluding hydrogens is 214 g/mol. The Hall–Kier alpha value is -0.470. The minimum atomic E-state index is 0.159. The highest BCUT2D eigenvalue weighted by atomic mass is 32.2. The number of thioether (sulfide) groups is 1. The Morgan fingerprint density at radius 3 is 2.19 bits per heavy atom. The van der Waals surface area contributed by atoms with E-state index in [1.54, 1.807) is 0 Å². The van der Waals surface area contributed by atoms with Crippen LogP contribution in [0.2, 0.25) is 0 Å². The second kappa shape index (κ2) is 6.31. The molecule has 90 valence electrons. The Labute approximate surface area is 104 Å². The first kappa shape index (κ1) is 13.6. The molecule has 0 aliphatic rings. The maximum absolute atomic E-state index is 6.17. The van der Waals surface area contributed by atoms with Crippen molar-refractivity contribution >= 4 is 11.8 Å². The van der Waals surface area contributed by atoms with Crippen molar-refractivity contribution in [3.05, 3.63) is 35.4 Å². The van der Waals surface area contributed by atoms with E-state index in [2.05, 4.69) is 52.0 Å². The molecule has 0 bridgehead atoms. The molecule has 16 heavy (non-hydrogen) atoms. The molecule has 0 aromatic heterocycles. The highest BCUT2D eigenvalue weighted by Crippen LogP contribution is 2.23. The summed E-state index contributed by atoms with van der Waals surface area (Å²) in [6.07, 6.45) is 0. The zero-order valence-corrected chi connectivity index (χ0v) is 11.6. The van der Waals surface area contributed by atoms with Gasteiger partial charge in [0, 0.05) is 17.0 Å². The van der Waals surface area contributed by atoms with E-state index in [-0.39, 0.29) is 6.04 Å². The number of rotatable bonds is 5. The second-order valence-corrected chi connectivity index (χ2v) is 6.21. The van der Waals surface area contributed by atoms with Gasteiger partial charge < -0.3 is 5.73 Å². The summed E-state index contributed by atoms with van der Waals surface area (Å²) in [6, 6.07) is 8.70. The van der Waals surface area contributed by atoms with Crippen molar-refractivity contribution in [2.75, 3.05) is 5.75 Å². The van der Waals surface area contributed by atoms with Crippen molar-refractivity contribution in [2.45, 2.75) is 39.0 Å². The van der Waals surface area contributed by atoms with Gasteiger partial charge in [0.1, 0.15) is 0 Å². The predicted octanol–water partition coefficient (Wildman–Crippen LogP) is 3.77. The standard InChI is InChI=1S/C14H23NS/c1-10(2)12(4)16-9-14(15)13-7-5-11(3)6-8-13/h5-8,10,12,14H,9,15H2,1-4H3. The first-order valence-electron chi connectivity index (χ1n) is 5.94. The van der Waals surface area contributed by atoms with Crippen LogP contribution in [0.1, 0.15) is 37.9 Å². The van der Waals surface area contributed by atoms with Gasteiger partial charge in [0.15, 0.2) is 0 Å². The largest absolute Gasteiger partial charge is 0.323 e. The lowest BCUT2D eigenvalue weighted by Gasteiger charge is -2.18. The van der Waals surface area contributed by atoms with Crippen LogP contribution in [0.4, 0.5) is 0 Å². The van der Waals surface area contributed by atoms with Crippen LogP contribution in [0.5, 0.6) is 0 Å². The van der Waals surface area contributed by atoms with E-state index in [1.165, 1.54) is 11.1 Å². The molecule has 0 saturated heterocycles. The van der Waals surface area contributed by atoms with Crippen LogP contribution in [0.3, 0.4) is 0 Å². The van der Waals surface area contributed by atoms with Crippen molar-refractivity contribution in [1.82, 2.24) is 0 Å². The Kier molecular flexibility index (Phi) is 5.36. The Morgan fingerprint density at radius 2 is 1.69 bits per heavy atom. The third-order valence-corrected chi connectivity index (χ3v) is 4.60. The lowest BCUT2D eigenvalue weighted by molar-refractivity contribution is 0.640. The number of hydrogen-bond donors (Lipinski definition) is 1. The number of hydrogen-bond acceptors (Lipinski definition) is 2. The van der Waals surface area contributed by atoms with Gasteiger partial charge in [-0.1, -0.05) is 50.6 Å². The molecule has 0 saturated carbocycles. The molecule has 0 spiro atoms. The highest BCUT2D eigenvalue weighted by Gasteiger charge is 2.11. The predicted molar refractivity (Wildman–Crippen MR) is 74.9 cm³/mol. The zero-order valence-electron chi connectivity index (χ0n) is 10.7. The Balaban J connectivity index is 2.46. The van der Waals surface area contributed by atoms with Crippen LogP contribution in [-0.2, 0) is 0 Å². The van der Waals surface area contributed by atoms with E-state index in [0.717, 1.165) is 11.7 Å². The molecule has 0 aliphatic carbocycles. The molecule has 0 heterocycles. The Bertz CT molecular complexity index is 305. The molecule has 1 nitrogen and oxygen atoms in total. The second-order valence-electron chi connectivity index (χ2n) is 4.80. The van der Waals surface area contributed by atoms with E-state index in [9.17, 15) is 0 Å². The quantitative estimate of drug-likeness (QED) is 0.843. The topological polar surface area (TPSA) is 26.0 Å². The summed E-state index contributed by atoms with van der Waals surface area (Å²) in [6.45, 7) is 8.90. The summed E-state index contributed by atoms with van der Waals surface area (Å²) in [4.78, 5) is 0. The van der Waals surface area contributed by atoms with Gasteiger partial charge in [0.2, 0.25) is 0 Å². The van der Waals surface area contributed by atoms with Crippen LogP contribution in [-0.4, -0.2) is 11.0 Å². The van der Waals surface area contributed by atoms with E-state index < -0.39 is 0 Å². The average molecular weight is 237 g/mol. The monoisotopic (exact) mass is 237 g/mol. The molecule has 0 radical (unpaired) electrons. The number of nitrogens with two attached hydrogens (primary N) is 1. The third kappa shape index (κ3) is 4.18. The summed E-state index contributed by atoms with van der Waals surface area (Å²) < 4.78 is 0. The van der Waals surface area contributed by atoms with E-state index in [4.69, 9.17) is 5.73 Å². The van der Waals surface area contributed by atoms with Gasteiger partial charge in [0.05, 0.1) is 0 Å². The lowest BCUT2D eigenvalue weighted by Crippen LogP contribution is -2.16. The summed E-state index contributed by atoms with van der Waals surface area (Å²) in [5, 5.41) is 0.677. The molecule has 1 rings (SSSR count). The SMILES string of the molecule is Cc1ccc(C(N)CSC(C)C(C)C)cc1. The molecule has 0 aliphatic heterocycles. The molecule has 2 unspecified atom stereocenters. The van der Waals surface area contributed by atoms with Crippen molar-refractivity contribution in [3.8, 4) is 0 Å². The maximum Gasteiger partial charge on any atom is 0.0386 e. The van der Waals surface area contributed by atoms with Gasteiger partial charge in [-0.3, -0.25) is 0 Å². The van der Waals surface area contributed by atoms with Crippen molar-refractivity contribution in [1.29, 1.82) is 0 Å². The summed E-state index contributed by atoms with van der Waals surface area (Å²) in [7, 11) is 0. The third-order valence-electron chi connectivity index (χ3n) is 2.98. The van der Waals surface area contributed by atoms with Crippen LogP contribution < -0.4 is 5.73 Å². The van der Waals surface area contributed by atoms with Crippen LogP contribution in [0.15, 0.2) is 24.3 Å². The zero-order chi connectivity index (χ0) is 12.1. The molecule has 1 aromatic rings. The summed E-state index contributed by atoms with van der Waals surface area (Å²) in [5.41, 5.74) is 8.71. The molecular formula is C14H23NS. The first-order chi connectivity index (χ1) is 7.50. The van der Waals surface area contributed by atoms with Gasteiger partial charge in [-0.2, -0.15) is 11.8 Å². The number of benzene rings is 1. The molecule has 0 fully saturated rings. The first-order valence-corrected chi connectivity index (χ1v) is 6.99. The Morgan fingerprint density at radius 1 is 1.12 bits per heavy atom. The van der Waals surface area contributed by atoms with Crippen molar-refractivity contribution < 1.29 is 0 Å². The normalized spacial score (nSPS) is 15.1. The summed E-state index contributed by atoms with van der Waals surface area (Å²) in [5.74, 6) is 1.72. The number of aryl methyl sites for hydroxylation is 1. The molecule has 2 heteroatoms. The molecule has 1 aromatic carbocycles. The lowest BCUT2D eigenvalue weighted by atomic mass is 10.1. The van der Waals surface area contributed by atoms with Crippen molar-refractivity contribution in [2.24, 2.45) is 11.7 Å². The van der Waals surface area contributed by atoms with Gasteiger partial charge in [-0.25, -0.2) is 0 Å². The van der Waals surface area contributed by atoms with Crippen molar-refractivity contribution in [3.63, 3.8) is 0 Å². The minimum Gasteiger partial charge on any atom is -0.323 e. The van der Waals surface area contributed by atoms with Gasteiger partial charge in [-0.15, -0.1) is 0 Å². The molecule has 0 amide bonds. The maximum atomic E-state index is 6.17. The van der Waals surface area contributed by atoms with Crippen LogP contribution in [0.25, 0.3) is 0 Å². The summed E-state index contributed by atoms with van der Waals surface area (Å²) >= 11 is 1.97. The minimum absolute atomic E-state index is 0.159. The van der Waals surface area contributed by atoms with E-state index >= 15 is 0 Å². The fraction of sp³-hybridized carbons (Fsp3) is 0.571. The van der Waals surface area contributed by atoms with E-state index in [1.807, 2.05) is 11.8 Å². The molecule has 2 N–H and O–H groups in total. The van der Waals surface area contributed by atoms with E-state index in [0.29, 0.717) is 5.25 Å². The molecule has 2 atom stereocenters. The van der Waals surface area contributed by atoms with Crippen LogP contribution >= 0.6 is 11.8 Å². The van der Waals surface area contributed by atoms with Gasteiger partial charge in [0.25, 0.3) is 0 Å².